The van der Waals surface area contributed by atoms with Crippen LogP contribution in [0.3, 0.4) is 0 Å². The molecule has 0 bridgehead atoms. The van der Waals surface area contributed by atoms with Crippen LogP contribution in [0.1, 0.15) is 57.7 Å². The third kappa shape index (κ3) is 3.68. The van der Waals surface area contributed by atoms with Gasteiger partial charge in [0.05, 0.1) is 5.56 Å². The van der Waals surface area contributed by atoms with E-state index in [0.29, 0.717) is 12.6 Å². The highest BCUT2D eigenvalue weighted by molar-refractivity contribution is 5.95. The third-order valence-electron chi connectivity index (χ3n) is 5.51. The lowest BCUT2D eigenvalue weighted by molar-refractivity contribution is 0.0951. The zero-order chi connectivity index (χ0) is 18.8. The van der Waals surface area contributed by atoms with Gasteiger partial charge in [-0.3, -0.25) is 4.79 Å². The first kappa shape index (κ1) is 17.6. The molecule has 0 radical (unpaired) electrons. The van der Waals surface area contributed by atoms with E-state index in [-0.39, 0.29) is 11.8 Å². The van der Waals surface area contributed by atoms with Crippen molar-refractivity contribution in [3.05, 3.63) is 94.8 Å². The van der Waals surface area contributed by atoms with Crippen LogP contribution in [0.2, 0.25) is 0 Å². The Labute approximate surface area is 161 Å². The van der Waals surface area contributed by atoms with Crippen LogP contribution < -0.4 is 5.32 Å². The number of nitrogens with zero attached hydrogens (tertiary/aromatic N) is 1. The maximum Gasteiger partial charge on any atom is 0.253 e. The van der Waals surface area contributed by atoms with Crippen molar-refractivity contribution in [3.8, 4) is 0 Å². The van der Waals surface area contributed by atoms with Gasteiger partial charge in [-0.2, -0.15) is 0 Å². The Hall–Kier alpha value is -2.81. The highest BCUT2D eigenvalue weighted by Crippen LogP contribution is 2.38. The van der Waals surface area contributed by atoms with Crippen LogP contribution in [0.15, 0.2) is 66.7 Å². The second-order valence-corrected chi connectivity index (χ2v) is 7.47. The molecule has 1 amide bonds. The fourth-order valence-corrected chi connectivity index (χ4v) is 3.99. The molecule has 0 saturated heterocycles. The predicted octanol–water partition coefficient (Wildman–Crippen LogP) is 5.00. The number of carbonyl (C=O) groups excluding carboxylic acids is 1. The fraction of sp³-hybridized carbons (Fsp3) is 0.292. The van der Waals surface area contributed by atoms with E-state index in [1.807, 2.05) is 18.2 Å². The molecule has 1 aliphatic carbocycles. The summed E-state index contributed by atoms with van der Waals surface area (Å²) in [5, 5.41) is 3.18. The summed E-state index contributed by atoms with van der Waals surface area (Å²) in [5.74, 6) is 0.162. The number of carbonyl (C=O) groups is 1. The van der Waals surface area contributed by atoms with Crippen molar-refractivity contribution in [2.45, 2.75) is 38.6 Å². The number of aryl methyl sites for hydroxylation is 1. The van der Waals surface area contributed by atoms with Gasteiger partial charge in [0.25, 0.3) is 5.91 Å². The van der Waals surface area contributed by atoms with Gasteiger partial charge in [0.1, 0.15) is 0 Å². The van der Waals surface area contributed by atoms with Gasteiger partial charge in [-0.25, -0.2) is 0 Å². The Morgan fingerprint density at radius 1 is 1.00 bits per heavy atom. The molecule has 1 saturated carbocycles. The van der Waals surface area contributed by atoms with E-state index in [1.54, 1.807) is 0 Å². The average Bonchev–Trinajstić information content (AvgIpc) is 3.48. The highest BCUT2D eigenvalue weighted by atomic mass is 16.1. The second-order valence-electron chi connectivity index (χ2n) is 7.47. The summed E-state index contributed by atoms with van der Waals surface area (Å²) in [4.78, 5) is 12.9. The van der Waals surface area contributed by atoms with E-state index in [0.717, 1.165) is 11.3 Å². The second kappa shape index (κ2) is 7.43. The van der Waals surface area contributed by atoms with Gasteiger partial charge in [0.2, 0.25) is 0 Å². The van der Waals surface area contributed by atoms with Crippen LogP contribution in [0.4, 0.5) is 0 Å². The molecule has 3 aromatic rings. The SMILES string of the molecule is Cc1cc(C(=O)NCC(c2ccccc2)c2ccccc2)c(C)n1C1CC1. The molecule has 4 rings (SSSR count). The number of benzene rings is 2. The van der Waals surface area contributed by atoms with Gasteiger partial charge in [0, 0.05) is 29.9 Å². The minimum absolute atomic E-state index is 0.0202. The molecule has 1 fully saturated rings. The van der Waals surface area contributed by atoms with Crippen LogP contribution in [0.25, 0.3) is 0 Å². The Morgan fingerprint density at radius 3 is 2.07 bits per heavy atom. The first-order valence-corrected chi connectivity index (χ1v) is 9.71. The van der Waals surface area contributed by atoms with Gasteiger partial charge < -0.3 is 9.88 Å². The molecule has 0 aliphatic heterocycles. The summed E-state index contributed by atoms with van der Waals surface area (Å²) in [6.07, 6.45) is 2.45. The minimum Gasteiger partial charge on any atom is -0.351 e. The Kier molecular flexibility index (Phi) is 4.85. The van der Waals surface area contributed by atoms with E-state index in [9.17, 15) is 4.79 Å². The van der Waals surface area contributed by atoms with Crippen molar-refractivity contribution in [2.75, 3.05) is 6.54 Å². The van der Waals surface area contributed by atoms with E-state index < -0.39 is 0 Å². The number of nitrogens with one attached hydrogen (secondary N) is 1. The lowest BCUT2D eigenvalue weighted by Crippen LogP contribution is -2.29. The molecule has 0 atom stereocenters. The van der Waals surface area contributed by atoms with E-state index in [2.05, 4.69) is 72.3 Å². The van der Waals surface area contributed by atoms with Crippen LogP contribution in [-0.4, -0.2) is 17.0 Å². The zero-order valence-electron chi connectivity index (χ0n) is 16.0. The molecule has 3 nitrogen and oxygen atoms in total. The van der Waals surface area contributed by atoms with Crippen LogP contribution in [0.5, 0.6) is 0 Å². The molecule has 1 heterocycles. The number of rotatable bonds is 6. The largest absolute Gasteiger partial charge is 0.351 e. The van der Waals surface area contributed by atoms with Crippen molar-refractivity contribution in [2.24, 2.45) is 0 Å². The first-order chi connectivity index (χ1) is 13.1. The molecule has 0 unspecified atom stereocenters. The Balaban J connectivity index is 1.54. The summed E-state index contributed by atoms with van der Waals surface area (Å²) >= 11 is 0. The van der Waals surface area contributed by atoms with Gasteiger partial charge in [0.15, 0.2) is 0 Å². The van der Waals surface area contributed by atoms with E-state index in [1.165, 1.54) is 29.7 Å². The van der Waals surface area contributed by atoms with Gasteiger partial charge in [-0.1, -0.05) is 60.7 Å². The van der Waals surface area contributed by atoms with Gasteiger partial charge in [-0.05, 0) is 43.9 Å². The summed E-state index contributed by atoms with van der Waals surface area (Å²) in [6.45, 7) is 4.74. The van der Waals surface area contributed by atoms with Crippen LogP contribution in [-0.2, 0) is 0 Å². The smallest absolute Gasteiger partial charge is 0.253 e. The van der Waals surface area contributed by atoms with Crippen LogP contribution in [0, 0.1) is 13.8 Å². The first-order valence-electron chi connectivity index (χ1n) is 9.71. The predicted molar refractivity (Wildman–Crippen MR) is 109 cm³/mol. The standard InChI is InChI=1S/C24H26N2O/c1-17-15-22(18(2)26(17)21-13-14-21)24(27)25-16-23(19-9-5-3-6-10-19)20-11-7-4-8-12-20/h3-12,15,21,23H,13-14,16H2,1-2H3,(H,25,27). The lowest BCUT2D eigenvalue weighted by atomic mass is 9.91. The molecule has 0 spiro atoms. The van der Waals surface area contributed by atoms with E-state index in [4.69, 9.17) is 0 Å². The highest BCUT2D eigenvalue weighted by Gasteiger charge is 2.28. The quantitative estimate of drug-likeness (QED) is 0.661. The molecule has 1 N–H and O–H groups in total. The Bertz CT molecular complexity index is 884. The molecule has 1 aliphatic rings. The fourth-order valence-electron chi connectivity index (χ4n) is 3.99. The average molecular weight is 358 g/mol. The molecular formula is C24H26N2O. The normalized spacial score (nSPS) is 13.7. The summed E-state index contributed by atoms with van der Waals surface area (Å²) in [7, 11) is 0. The summed E-state index contributed by atoms with van der Waals surface area (Å²) in [5.41, 5.74) is 5.51. The molecule has 27 heavy (non-hydrogen) atoms. The third-order valence-corrected chi connectivity index (χ3v) is 5.51. The van der Waals surface area contributed by atoms with Crippen molar-refractivity contribution in [1.82, 2.24) is 9.88 Å². The van der Waals surface area contributed by atoms with Crippen molar-refractivity contribution < 1.29 is 4.79 Å². The summed E-state index contributed by atoms with van der Waals surface area (Å²) in [6, 6.07) is 23.4. The Morgan fingerprint density at radius 2 is 1.56 bits per heavy atom. The van der Waals surface area contributed by atoms with Gasteiger partial charge >= 0.3 is 0 Å². The topological polar surface area (TPSA) is 34.0 Å². The summed E-state index contributed by atoms with van der Waals surface area (Å²) < 4.78 is 2.32. The van der Waals surface area contributed by atoms with Crippen molar-refractivity contribution in [1.29, 1.82) is 0 Å². The lowest BCUT2D eigenvalue weighted by Gasteiger charge is -2.19. The van der Waals surface area contributed by atoms with Gasteiger partial charge in [-0.15, -0.1) is 0 Å². The maximum atomic E-state index is 12.9. The van der Waals surface area contributed by atoms with Crippen molar-refractivity contribution in [3.63, 3.8) is 0 Å². The number of hydrogen-bond donors (Lipinski definition) is 1. The zero-order valence-corrected chi connectivity index (χ0v) is 16.0. The monoisotopic (exact) mass is 358 g/mol. The van der Waals surface area contributed by atoms with Crippen molar-refractivity contribution >= 4 is 5.91 Å². The number of aromatic nitrogens is 1. The van der Waals surface area contributed by atoms with E-state index >= 15 is 0 Å². The van der Waals surface area contributed by atoms with Crippen LogP contribution >= 0.6 is 0 Å². The molecule has 1 aromatic heterocycles. The molecule has 2 aromatic carbocycles. The number of amides is 1. The number of hydrogen-bond acceptors (Lipinski definition) is 1. The minimum atomic E-state index is 0.0202. The molecule has 3 heteroatoms. The molecular weight excluding hydrogens is 332 g/mol. The maximum absolute atomic E-state index is 12.9. The molecule has 138 valence electrons.